The van der Waals surface area contributed by atoms with Gasteiger partial charge in [-0.3, -0.25) is 0 Å². The molecule has 0 aromatic rings. The van der Waals surface area contributed by atoms with E-state index in [1.54, 1.807) is 26.0 Å². The molecular formula is C23H34O5. The average Bonchev–Trinajstić information content (AvgIpc) is 2.99. The number of hydrogen-bond acceptors (Lipinski definition) is 5. The Morgan fingerprint density at radius 3 is 2.61 bits per heavy atom. The zero-order valence-electron chi connectivity index (χ0n) is 17.4. The van der Waals surface area contributed by atoms with E-state index >= 15 is 0 Å². The first kappa shape index (κ1) is 21.3. The molecule has 0 amide bonds. The molecule has 3 N–H and O–H groups in total. The van der Waals surface area contributed by atoms with E-state index in [1.807, 2.05) is 13.0 Å². The molecule has 0 bridgehead atoms. The van der Waals surface area contributed by atoms with E-state index in [9.17, 15) is 20.1 Å². The van der Waals surface area contributed by atoms with E-state index in [-0.39, 0.29) is 23.9 Å². The van der Waals surface area contributed by atoms with E-state index in [0.717, 1.165) is 24.8 Å². The van der Waals surface area contributed by atoms with Crippen LogP contribution in [0.2, 0.25) is 0 Å². The maximum Gasteiger partial charge on any atom is 0.338 e. The standard InChI is InChI=1S/C23H34O5/c1-14-6-9-17-22(4,11-10-18(25)23(17,5)13-24)16(14)8-7-15-12-19(21(2,3)27)28-20(15)26/h7-8,12,16-19,24-25,27H,1,6,9-11,13H2,2-5H3/b8-7+/t16-,17+,18-,19?,22+,23+/m1/s1. The third-order valence-corrected chi connectivity index (χ3v) is 7.52. The highest BCUT2D eigenvalue weighted by molar-refractivity contribution is 5.94. The number of allylic oxidation sites excluding steroid dienone is 2. The number of fused-ring (bicyclic) bond motifs is 1. The number of hydrogen-bond donors (Lipinski definition) is 3. The van der Waals surface area contributed by atoms with Gasteiger partial charge >= 0.3 is 5.97 Å². The minimum atomic E-state index is -1.13. The Kier molecular flexibility index (Phi) is 5.41. The maximum absolute atomic E-state index is 12.2. The highest BCUT2D eigenvalue weighted by Crippen LogP contribution is 2.61. The predicted molar refractivity (Wildman–Crippen MR) is 107 cm³/mol. The Morgan fingerprint density at radius 2 is 2.04 bits per heavy atom. The highest BCUT2D eigenvalue weighted by Gasteiger charge is 2.57. The lowest BCUT2D eigenvalue weighted by Crippen LogP contribution is -2.57. The van der Waals surface area contributed by atoms with Gasteiger partial charge in [0.15, 0.2) is 0 Å². The van der Waals surface area contributed by atoms with Crippen molar-refractivity contribution in [1.29, 1.82) is 0 Å². The van der Waals surface area contributed by atoms with E-state index in [0.29, 0.717) is 12.0 Å². The number of carbonyl (C=O) groups is 1. The third-order valence-electron chi connectivity index (χ3n) is 7.52. The topological polar surface area (TPSA) is 87.0 Å². The van der Waals surface area contributed by atoms with E-state index < -0.39 is 29.2 Å². The lowest BCUT2D eigenvalue weighted by atomic mass is 9.46. The first-order valence-electron chi connectivity index (χ1n) is 10.2. The van der Waals surface area contributed by atoms with E-state index in [1.165, 1.54) is 0 Å². The molecule has 1 heterocycles. The third kappa shape index (κ3) is 3.38. The van der Waals surface area contributed by atoms with Crippen molar-refractivity contribution in [3.05, 3.63) is 36.0 Å². The van der Waals surface area contributed by atoms with Crippen LogP contribution in [0.15, 0.2) is 36.0 Å². The van der Waals surface area contributed by atoms with Crippen molar-refractivity contribution in [3.8, 4) is 0 Å². The molecule has 28 heavy (non-hydrogen) atoms. The second-order valence-corrected chi connectivity index (χ2v) is 9.91. The predicted octanol–water partition coefficient (Wildman–Crippen LogP) is 2.91. The van der Waals surface area contributed by atoms with E-state index in [4.69, 9.17) is 4.74 Å². The Labute approximate surface area is 167 Å². The summed E-state index contributed by atoms with van der Waals surface area (Å²) in [4.78, 5) is 12.2. The number of ether oxygens (including phenoxy) is 1. The van der Waals surface area contributed by atoms with Gasteiger partial charge in [0, 0.05) is 11.3 Å². The lowest BCUT2D eigenvalue weighted by Gasteiger charge is -2.59. The van der Waals surface area contributed by atoms with Gasteiger partial charge in [-0.1, -0.05) is 38.2 Å². The molecule has 1 aliphatic heterocycles. The van der Waals surface area contributed by atoms with Crippen molar-refractivity contribution >= 4 is 5.97 Å². The Morgan fingerprint density at radius 1 is 1.36 bits per heavy atom. The first-order valence-corrected chi connectivity index (χ1v) is 10.2. The van der Waals surface area contributed by atoms with Crippen LogP contribution in [0.1, 0.15) is 53.4 Å². The van der Waals surface area contributed by atoms with Gasteiger partial charge in [-0.2, -0.15) is 0 Å². The lowest BCUT2D eigenvalue weighted by molar-refractivity contribution is -0.147. The van der Waals surface area contributed by atoms with Crippen LogP contribution in [0.3, 0.4) is 0 Å². The van der Waals surface area contributed by atoms with Crippen LogP contribution in [0, 0.1) is 22.7 Å². The van der Waals surface area contributed by atoms with Gasteiger partial charge in [0.25, 0.3) is 0 Å². The summed E-state index contributed by atoms with van der Waals surface area (Å²) >= 11 is 0. The van der Waals surface area contributed by atoms with Gasteiger partial charge in [-0.05, 0) is 56.9 Å². The van der Waals surface area contributed by atoms with Gasteiger partial charge in [0.2, 0.25) is 0 Å². The molecule has 2 fully saturated rings. The molecule has 6 atom stereocenters. The number of rotatable bonds is 4. The van der Waals surface area contributed by atoms with Gasteiger partial charge in [-0.25, -0.2) is 4.79 Å². The van der Waals surface area contributed by atoms with Crippen molar-refractivity contribution in [3.63, 3.8) is 0 Å². The normalized spacial score (nSPS) is 41.8. The molecule has 5 nitrogen and oxygen atoms in total. The molecule has 0 radical (unpaired) electrons. The van der Waals surface area contributed by atoms with Crippen LogP contribution in [0.5, 0.6) is 0 Å². The molecule has 0 aromatic carbocycles. The summed E-state index contributed by atoms with van der Waals surface area (Å²) < 4.78 is 5.28. The average molecular weight is 391 g/mol. The molecule has 0 aromatic heterocycles. The fraction of sp³-hybridized carbons (Fsp3) is 0.696. The van der Waals surface area contributed by atoms with Gasteiger partial charge in [-0.15, -0.1) is 0 Å². The summed E-state index contributed by atoms with van der Waals surface area (Å²) in [5, 5.41) is 30.8. The SMILES string of the molecule is C=C1CC[C@@H]2[C@](C)(CO)[C@H](O)CC[C@@]2(C)[C@@H]1/C=C/C1=CC(C(C)(C)O)OC1=O. The minimum Gasteiger partial charge on any atom is -0.451 e. The molecule has 2 saturated carbocycles. The molecule has 3 aliphatic rings. The molecule has 5 heteroatoms. The second kappa shape index (κ2) is 7.12. The summed E-state index contributed by atoms with van der Waals surface area (Å²) in [5.41, 5.74) is -0.221. The zero-order chi connectivity index (χ0) is 20.9. The van der Waals surface area contributed by atoms with Crippen molar-refractivity contribution in [2.24, 2.45) is 22.7 Å². The molecule has 3 rings (SSSR count). The van der Waals surface area contributed by atoms with Crippen LogP contribution in [0.4, 0.5) is 0 Å². The summed E-state index contributed by atoms with van der Waals surface area (Å²) in [6.07, 6.45) is 7.57. The summed E-state index contributed by atoms with van der Waals surface area (Å²) in [6, 6.07) is 0. The van der Waals surface area contributed by atoms with Crippen molar-refractivity contribution in [2.75, 3.05) is 6.61 Å². The molecule has 156 valence electrons. The van der Waals surface area contributed by atoms with Crippen molar-refractivity contribution in [1.82, 2.24) is 0 Å². The molecule has 0 spiro atoms. The van der Waals surface area contributed by atoms with E-state index in [2.05, 4.69) is 13.5 Å². The van der Waals surface area contributed by atoms with Crippen LogP contribution in [-0.2, 0) is 9.53 Å². The quantitative estimate of drug-likeness (QED) is 0.508. The fourth-order valence-electron chi connectivity index (χ4n) is 5.61. The monoisotopic (exact) mass is 390 g/mol. The Bertz CT molecular complexity index is 715. The van der Waals surface area contributed by atoms with Gasteiger partial charge < -0.3 is 20.1 Å². The molecule has 0 saturated heterocycles. The second-order valence-electron chi connectivity index (χ2n) is 9.91. The van der Waals surface area contributed by atoms with Crippen LogP contribution < -0.4 is 0 Å². The zero-order valence-corrected chi connectivity index (χ0v) is 17.4. The highest BCUT2D eigenvalue weighted by atomic mass is 16.6. The maximum atomic E-state index is 12.2. The van der Waals surface area contributed by atoms with Crippen LogP contribution >= 0.6 is 0 Å². The summed E-state index contributed by atoms with van der Waals surface area (Å²) in [6.45, 7) is 11.7. The number of cyclic esters (lactones) is 1. The van der Waals surface area contributed by atoms with Gasteiger partial charge in [0.05, 0.1) is 23.9 Å². The van der Waals surface area contributed by atoms with Crippen molar-refractivity contribution in [2.45, 2.75) is 71.2 Å². The first-order chi connectivity index (χ1) is 12.9. The largest absolute Gasteiger partial charge is 0.451 e. The van der Waals surface area contributed by atoms with Crippen LogP contribution in [-0.4, -0.2) is 45.7 Å². The summed E-state index contributed by atoms with van der Waals surface area (Å²) in [7, 11) is 0. The molecular weight excluding hydrogens is 356 g/mol. The number of aliphatic hydroxyl groups is 3. The van der Waals surface area contributed by atoms with Crippen molar-refractivity contribution < 1.29 is 24.9 Å². The Balaban J connectivity index is 1.90. The van der Waals surface area contributed by atoms with Crippen LogP contribution in [0.25, 0.3) is 0 Å². The number of aliphatic hydroxyl groups excluding tert-OH is 2. The molecule has 2 aliphatic carbocycles. The number of esters is 1. The summed E-state index contributed by atoms with van der Waals surface area (Å²) in [5.74, 6) is -0.201. The smallest absolute Gasteiger partial charge is 0.338 e. The Hall–Kier alpha value is -1.43. The molecule has 1 unspecified atom stereocenters. The minimum absolute atomic E-state index is 0.0396. The fourth-order valence-corrected chi connectivity index (χ4v) is 5.61. The number of carbonyl (C=O) groups excluding carboxylic acids is 1. The van der Waals surface area contributed by atoms with Gasteiger partial charge in [0.1, 0.15) is 6.10 Å².